The van der Waals surface area contributed by atoms with E-state index in [4.69, 9.17) is 0 Å². The van der Waals surface area contributed by atoms with Crippen molar-refractivity contribution in [2.24, 2.45) is 0 Å². The van der Waals surface area contributed by atoms with Crippen molar-refractivity contribution in [3.63, 3.8) is 0 Å². The summed E-state index contributed by atoms with van der Waals surface area (Å²) in [6, 6.07) is 103. The van der Waals surface area contributed by atoms with Crippen LogP contribution in [0.25, 0.3) is 77.9 Å². The van der Waals surface area contributed by atoms with Crippen LogP contribution >= 0.6 is 0 Å². The first-order chi connectivity index (χ1) is 38.2. The monoisotopic (exact) mass is 980 g/mol. The fourth-order valence-electron chi connectivity index (χ4n) is 13.3. The van der Waals surface area contributed by atoms with Crippen molar-refractivity contribution in [2.45, 2.75) is 18.3 Å². The third kappa shape index (κ3) is 7.32. The molecule has 0 atom stereocenters. The minimum atomic E-state index is -0.381. The second-order valence-electron chi connectivity index (χ2n) is 20.8. The first-order valence-electron chi connectivity index (χ1n) is 26.9. The Labute approximate surface area is 450 Å². The summed E-state index contributed by atoms with van der Waals surface area (Å²) in [6.45, 7) is 0. The Morgan fingerprint density at radius 2 is 0.675 bits per heavy atom. The Bertz CT molecular complexity index is 4220. The number of benzene rings is 12. The van der Waals surface area contributed by atoms with Crippen molar-refractivity contribution in [1.82, 2.24) is 0 Å². The molecule has 77 heavy (non-hydrogen) atoms. The van der Waals surface area contributed by atoms with Gasteiger partial charge in [-0.3, -0.25) is 0 Å². The number of fused-ring (bicyclic) bond motifs is 16. The van der Waals surface area contributed by atoms with Gasteiger partial charge in [0.1, 0.15) is 0 Å². The summed E-state index contributed by atoms with van der Waals surface area (Å²) in [6.07, 6.45) is 1.57. The minimum absolute atomic E-state index is 0.381. The van der Waals surface area contributed by atoms with Crippen LogP contribution in [0, 0.1) is 0 Å². The lowest BCUT2D eigenvalue weighted by Crippen LogP contribution is -2.25. The van der Waals surface area contributed by atoms with Crippen LogP contribution in [0.1, 0.15) is 44.5 Å². The molecule has 0 heterocycles. The van der Waals surface area contributed by atoms with Gasteiger partial charge in [0.25, 0.3) is 0 Å². The van der Waals surface area contributed by atoms with Gasteiger partial charge >= 0.3 is 0 Å². The van der Waals surface area contributed by atoms with Gasteiger partial charge in [0.05, 0.1) is 5.41 Å². The number of anilines is 4. The molecule has 0 amide bonds. The quantitative estimate of drug-likeness (QED) is 0.166. The maximum absolute atomic E-state index is 3.92. The molecule has 0 unspecified atom stereocenters. The maximum Gasteiger partial charge on any atom is 0.0726 e. The highest BCUT2D eigenvalue weighted by Gasteiger charge is 2.52. The molecule has 12 aromatic carbocycles. The van der Waals surface area contributed by atoms with Crippen molar-refractivity contribution in [3.05, 3.63) is 324 Å². The normalized spacial score (nSPS) is 12.9. The average molecular weight is 981 g/mol. The number of nitrogens with one attached hydrogen (secondary N) is 2. The van der Waals surface area contributed by atoms with Crippen LogP contribution in [0.5, 0.6) is 0 Å². The smallest absolute Gasteiger partial charge is 0.0726 e. The second-order valence-corrected chi connectivity index (χ2v) is 20.8. The van der Waals surface area contributed by atoms with Crippen molar-refractivity contribution in [2.75, 3.05) is 10.6 Å². The summed E-state index contributed by atoms with van der Waals surface area (Å²) in [7, 11) is 0. The van der Waals surface area contributed by atoms with E-state index in [1.807, 2.05) is 0 Å². The second kappa shape index (κ2) is 18.3. The standard InChI is InChI=1S/C75H52N2/c1-2-18-49(19-3-1)50-38-42-57(43-39-50)76-71-36-16-31-64-66(71)48-55-21-5-7-26-60(55)59-25-6-4-20-53(59)47-56-24-15-30-61(73(56)64)54-23-14-22-52(46-54)51-40-44-58(45-41-51)77-72-37-17-35-70-74(72)65-29-10-13-34-69(65)75(70)67-32-11-8-27-62(67)63-28-9-12-33-68(63)75/h1-46,76-77H,47-48H2. The Balaban J connectivity index is 0.802. The molecule has 0 fully saturated rings. The molecule has 2 heteroatoms. The van der Waals surface area contributed by atoms with E-state index in [1.165, 1.54) is 122 Å². The Morgan fingerprint density at radius 3 is 1.36 bits per heavy atom. The van der Waals surface area contributed by atoms with Crippen LogP contribution in [0.3, 0.4) is 0 Å². The van der Waals surface area contributed by atoms with E-state index >= 15 is 0 Å². The van der Waals surface area contributed by atoms with Crippen LogP contribution < -0.4 is 10.6 Å². The highest BCUT2D eigenvalue weighted by atomic mass is 14.9. The van der Waals surface area contributed by atoms with E-state index in [2.05, 4.69) is 290 Å². The van der Waals surface area contributed by atoms with Crippen molar-refractivity contribution >= 4 is 22.7 Å². The Kier molecular flexibility index (Phi) is 10.6. The number of hydrogen-bond acceptors (Lipinski definition) is 2. The van der Waals surface area contributed by atoms with E-state index in [9.17, 15) is 0 Å². The van der Waals surface area contributed by atoms with E-state index in [0.717, 1.165) is 35.6 Å². The molecule has 2 N–H and O–H groups in total. The largest absolute Gasteiger partial charge is 0.355 e. The van der Waals surface area contributed by atoms with E-state index in [1.54, 1.807) is 0 Å². The summed E-state index contributed by atoms with van der Waals surface area (Å²) >= 11 is 0. The molecular formula is C75H52N2. The molecule has 0 saturated carbocycles. The molecule has 0 aliphatic heterocycles. The highest BCUT2D eigenvalue weighted by Crippen LogP contribution is 2.64. The Hall–Kier alpha value is -9.76. The molecule has 15 rings (SSSR count). The molecule has 1 spiro atoms. The fourth-order valence-corrected chi connectivity index (χ4v) is 13.3. The predicted molar refractivity (Wildman–Crippen MR) is 321 cm³/mol. The van der Waals surface area contributed by atoms with Crippen molar-refractivity contribution < 1.29 is 0 Å². The molecule has 2 nitrogen and oxygen atoms in total. The van der Waals surface area contributed by atoms with Gasteiger partial charge < -0.3 is 10.6 Å². The number of hydrogen-bond donors (Lipinski definition) is 2. The summed E-state index contributed by atoms with van der Waals surface area (Å²) in [4.78, 5) is 0. The van der Waals surface area contributed by atoms with Crippen LogP contribution in [0.4, 0.5) is 22.7 Å². The van der Waals surface area contributed by atoms with Gasteiger partial charge in [0, 0.05) is 34.7 Å². The summed E-state index contributed by atoms with van der Waals surface area (Å²) < 4.78 is 0. The molecule has 0 aromatic heterocycles. The van der Waals surface area contributed by atoms with Crippen LogP contribution in [0.2, 0.25) is 0 Å². The molecular weight excluding hydrogens is 929 g/mol. The van der Waals surface area contributed by atoms with Gasteiger partial charge in [-0.15, -0.1) is 0 Å². The first kappa shape index (κ1) is 44.7. The van der Waals surface area contributed by atoms with E-state index in [0.29, 0.717) is 0 Å². The zero-order valence-electron chi connectivity index (χ0n) is 42.5. The lowest BCUT2D eigenvalue weighted by Gasteiger charge is -2.30. The average Bonchev–Trinajstić information content (AvgIpc) is 4.21. The van der Waals surface area contributed by atoms with E-state index in [-0.39, 0.29) is 5.41 Å². The topological polar surface area (TPSA) is 24.1 Å². The molecule has 0 radical (unpaired) electrons. The van der Waals surface area contributed by atoms with Gasteiger partial charge in [-0.05, 0) is 166 Å². The SMILES string of the molecule is c1ccc(-c2ccc(Nc3cccc4c3Cc3ccccc3-c3ccccc3Cc3cccc(-c5cccc(-c6ccc(Nc7cccc8c7-c7ccccc7C87c8ccccc8-c8ccccc87)cc6)c5)c3-4)cc2)cc1. The van der Waals surface area contributed by atoms with Gasteiger partial charge in [-0.2, -0.15) is 0 Å². The zero-order valence-corrected chi connectivity index (χ0v) is 42.5. The lowest BCUT2D eigenvalue weighted by molar-refractivity contribution is 0.794. The van der Waals surface area contributed by atoms with Gasteiger partial charge in [-0.1, -0.05) is 237 Å². The fraction of sp³-hybridized carbons (Fsp3) is 0.0400. The molecule has 0 saturated heterocycles. The lowest BCUT2D eigenvalue weighted by atomic mass is 9.70. The summed E-state index contributed by atoms with van der Waals surface area (Å²) in [5.74, 6) is 0. The predicted octanol–water partition coefficient (Wildman–Crippen LogP) is 19.3. The third-order valence-electron chi connectivity index (χ3n) is 16.6. The van der Waals surface area contributed by atoms with Gasteiger partial charge in [0.15, 0.2) is 0 Å². The molecule has 362 valence electrons. The van der Waals surface area contributed by atoms with E-state index < -0.39 is 0 Å². The molecule has 12 aromatic rings. The summed E-state index contributed by atoms with van der Waals surface area (Å²) in [5.41, 5.74) is 32.0. The summed E-state index contributed by atoms with van der Waals surface area (Å²) in [5, 5.41) is 7.83. The van der Waals surface area contributed by atoms with Gasteiger partial charge in [0.2, 0.25) is 0 Å². The van der Waals surface area contributed by atoms with Crippen molar-refractivity contribution in [1.29, 1.82) is 0 Å². The highest BCUT2D eigenvalue weighted by molar-refractivity contribution is 6.00. The van der Waals surface area contributed by atoms with Crippen LogP contribution in [-0.4, -0.2) is 0 Å². The number of rotatable bonds is 7. The Morgan fingerprint density at radius 1 is 0.247 bits per heavy atom. The van der Waals surface area contributed by atoms with Crippen LogP contribution in [0.15, 0.2) is 279 Å². The minimum Gasteiger partial charge on any atom is -0.355 e. The third-order valence-corrected chi connectivity index (χ3v) is 16.6. The molecule has 0 bridgehead atoms. The first-order valence-corrected chi connectivity index (χ1v) is 26.9. The van der Waals surface area contributed by atoms with Gasteiger partial charge in [-0.25, -0.2) is 0 Å². The van der Waals surface area contributed by atoms with Crippen molar-refractivity contribution in [3.8, 4) is 77.9 Å². The van der Waals surface area contributed by atoms with Crippen LogP contribution in [-0.2, 0) is 18.3 Å². The molecule has 3 aliphatic rings. The molecule has 3 aliphatic carbocycles. The zero-order chi connectivity index (χ0) is 50.9. The maximum atomic E-state index is 3.92.